The Morgan fingerprint density at radius 3 is 2.66 bits per heavy atom. The van der Waals surface area contributed by atoms with E-state index in [0.29, 0.717) is 55.1 Å². The molecule has 2 aliphatic heterocycles. The number of hydrogen-bond donors (Lipinski definition) is 0. The highest BCUT2D eigenvalue weighted by Crippen LogP contribution is 2.40. The second-order valence-electron chi connectivity index (χ2n) is 8.32. The van der Waals surface area contributed by atoms with Crippen LogP contribution >= 0.6 is 0 Å². The summed E-state index contributed by atoms with van der Waals surface area (Å²) in [6.07, 6.45) is -3.33. The van der Waals surface area contributed by atoms with Crippen LogP contribution in [-0.2, 0) is 12.7 Å². The molecule has 0 aliphatic carbocycles. The summed E-state index contributed by atoms with van der Waals surface area (Å²) in [5.41, 5.74) is 0.736. The topological polar surface area (TPSA) is 59.3 Å². The second-order valence-corrected chi connectivity index (χ2v) is 8.32. The first-order chi connectivity index (χ1) is 15.3. The van der Waals surface area contributed by atoms with Crippen molar-refractivity contribution >= 4 is 16.7 Å². The number of benzene rings is 1. The molecule has 7 nitrogen and oxygen atoms in total. The van der Waals surface area contributed by atoms with Crippen molar-refractivity contribution in [1.29, 1.82) is 0 Å². The van der Waals surface area contributed by atoms with Gasteiger partial charge in [0.15, 0.2) is 5.82 Å². The number of likely N-dealkylation sites (tertiary alicyclic amines) is 1. The number of alkyl halides is 4. The normalized spacial score (nSPS) is 21.9. The van der Waals surface area contributed by atoms with Crippen LogP contribution < -0.4 is 9.64 Å². The number of nitrogens with zero attached hydrogens (tertiary/aromatic N) is 6. The molecule has 11 heteroatoms. The van der Waals surface area contributed by atoms with Gasteiger partial charge in [-0.15, -0.1) is 10.2 Å². The molecule has 0 radical (unpaired) electrons. The van der Waals surface area contributed by atoms with Crippen molar-refractivity contribution in [1.82, 2.24) is 24.9 Å². The first-order valence-corrected chi connectivity index (χ1v) is 10.3. The third-order valence-corrected chi connectivity index (χ3v) is 6.16. The van der Waals surface area contributed by atoms with Gasteiger partial charge < -0.3 is 14.5 Å². The number of methoxy groups -OCH3 is 1. The molecule has 2 aromatic heterocycles. The molecule has 0 bridgehead atoms. The van der Waals surface area contributed by atoms with E-state index in [4.69, 9.17) is 4.74 Å². The maximum atomic E-state index is 14.2. The molecule has 3 aromatic rings. The summed E-state index contributed by atoms with van der Waals surface area (Å²) in [7, 11) is 3.22. The standard InChI is InChI=1S/C21H22F4N6O/c1-29-10-13(22)8-14(11-29)30-5-6-31-19-16(9-26-31)18(27-28-20(19)30)15-4-3-12(21(23,24)25)7-17(15)32-2/h3-4,7,9,13-14H,5-6,8,10-11H2,1-2H3/t13-,14-/m1/s1. The summed E-state index contributed by atoms with van der Waals surface area (Å²) in [4.78, 5) is 4.05. The fourth-order valence-electron chi connectivity index (χ4n) is 4.72. The number of rotatable bonds is 3. The molecule has 5 rings (SSSR count). The minimum Gasteiger partial charge on any atom is -0.496 e. The Morgan fingerprint density at radius 1 is 1.12 bits per heavy atom. The van der Waals surface area contributed by atoms with Crippen LogP contribution in [0.15, 0.2) is 24.4 Å². The predicted molar refractivity (Wildman–Crippen MR) is 110 cm³/mol. The number of piperidine rings is 1. The average molecular weight is 450 g/mol. The summed E-state index contributed by atoms with van der Waals surface area (Å²) in [5, 5.41) is 13.9. The van der Waals surface area contributed by atoms with Crippen molar-refractivity contribution in [3.05, 3.63) is 30.0 Å². The van der Waals surface area contributed by atoms with E-state index in [0.717, 1.165) is 17.6 Å². The fourth-order valence-corrected chi connectivity index (χ4v) is 4.72. The van der Waals surface area contributed by atoms with E-state index in [1.165, 1.54) is 13.2 Å². The number of likely N-dealkylation sites (N-methyl/N-ethyl adjacent to an activating group) is 1. The van der Waals surface area contributed by atoms with E-state index < -0.39 is 17.9 Å². The molecule has 1 fully saturated rings. The molecule has 0 N–H and O–H groups in total. The lowest BCUT2D eigenvalue weighted by Crippen LogP contribution is -2.52. The van der Waals surface area contributed by atoms with Gasteiger partial charge in [-0.25, -0.2) is 4.39 Å². The van der Waals surface area contributed by atoms with Crippen molar-refractivity contribution in [2.75, 3.05) is 38.7 Å². The second kappa shape index (κ2) is 7.58. The molecule has 0 spiro atoms. The van der Waals surface area contributed by atoms with Gasteiger partial charge in [-0.3, -0.25) is 4.68 Å². The van der Waals surface area contributed by atoms with Gasteiger partial charge in [0.1, 0.15) is 23.1 Å². The lowest BCUT2D eigenvalue weighted by molar-refractivity contribution is -0.137. The zero-order chi connectivity index (χ0) is 22.6. The van der Waals surface area contributed by atoms with Gasteiger partial charge >= 0.3 is 6.18 Å². The van der Waals surface area contributed by atoms with Gasteiger partial charge in [-0.1, -0.05) is 0 Å². The summed E-state index contributed by atoms with van der Waals surface area (Å²) in [5.74, 6) is 0.671. The molecule has 32 heavy (non-hydrogen) atoms. The Kier molecular flexibility index (Phi) is 4.95. The molecule has 4 heterocycles. The molecule has 2 atom stereocenters. The molecule has 1 saturated heterocycles. The van der Waals surface area contributed by atoms with Crippen molar-refractivity contribution in [3.63, 3.8) is 0 Å². The SMILES string of the molecule is COc1cc(C(F)(F)F)ccc1-c1nnc2c3c1cnn3CCN2[C@@H]1C[C@@H](F)CN(C)C1. The van der Waals surface area contributed by atoms with E-state index >= 15 is 0 Å². The maximum Gasteiger partial charge on any atom is 0.416 e. The molecule has 2 aliphatic rings. The van der Waals surface area contributed by atoms with Crippen LogP contribution in [0.3, 0.4) is 0 Å². The smallest absolute Gasteiger partial charge is 0.416 e. The molecule has 0 amide bonds. The predicted octanol–water partition coefficient (Wildman–Crippen LogP) is 3.38. The number of halogens is 4. The van der Waals surface area contributed by atoms with Crippen LogP contribution in [0.25, 0.3) is 22.2 Å². The lowest BCUT2D eigenvalue weighted by atomic mass is 10.0. The van der Waals surface area contributed by atoms with Gasteiger partial charge in [0, 0.05) is 37.7 Å². The highest BCUT2D eigenvalue weighted by atomic mass is 19.4. The van der Waals surface area contributed by atoms with Crippen LogP contribution in [0.4, 0.5) is 23.4 Å². The van der Waals surface area contributed by atoms with Gasteiger partial charge in [0.2, 0.25) is 0 Å². The van der Waals surface area contributed by atoms with Crippen LogP contribution in [-0.4, -0.2) is 70.9 Å². The van der Waals surface area contributed by atoms with Gasteiger partial charge in [-0.05, 0) is 25.2 Å². The Hall–Kier alpha value is -2.95. The van der Waals surface area contributed by atoms with Gasteiger partial charge in [0.25, 0.3) is 0 Å². The van der Waals surface area contributed by atoms with Crippen LogP contribution in [0, 0.1) is 0 Å². The van der Waals surface area contributed by atoms with Crippen molar-refractivity contribution in [2.45, 2.75) is 31.4 Å². The summed E-state index contributed by atoms with van der Waals surface area (Å²) in [6, 6.07) is 3.26. The summed E-state index contributed by atoms with van der Waals surface area (Å²) in [6.45, 7) is 2.36. The molecular formula is C21H22F4N6O. The van der Waals surface area contributed by atoms with E-state index in [1.807, 2.05) is 16.6 Å². The average Bonchev–Trinajstić information content (AvgIpc) is 3.18. The van der Waals surface area contributed by atoms with E-state index in [-0.39, 0.29) is 11.8 Å². The Morgan fingerprint density at radius 2 is 1.94 bits per heavy atom. The first kappa shape index (κ1) is 20.9. The first-order valence-electron chi connectivity index (χ1n) is 10.3. The third kappa shape index (κ3) is 3.44. The largest absolute Gasteiger partial charge is 0.496 e. The molecule has 170 valence electrons. The van der Waals surface area contributed by atoms with E-state index in [9.17, 15) is 17.6 Å². The number of hydrogen-bond acceptors (Lipinski definition) is 6. The number of aromatic nitrogens is 4. The number of anilines is 1. The molecule has 0 saturated carbocycles. The Balaban J connectivity index is 1.60. The molecular weight excluding hydrogens is 428 g/mol. The molecule has 1 aromatic carbocycles. The van der Waals surface area contributed by atoms with Crippen LogP contribution in [0.5, 0.6) is 5.75 Å². The van der Waals surface area contributed by atoms with Crippen LogP contribution in [0.2, 0.25) is 0 Å². The lowest BCUT2D eigenvalue weighted by Gasteiger charge is -2.41. The monoisotopic (exact) mass is 450 g/mol. The van der Waals surface area contributed by atoms with E-state index in [1.54, 1.807) is 6.20 Å². The van der Waals surface area contributed by atoms with Gasteiger partial charge in [-0.2, -0.15) is 18.3 Å². The number of ether oxygens (including phenoxy) is 1. The van der Waals surface area contributed by atoms with Crippen molar-refractivity contribution in [3.8, 4) is 17.0 Å². The Labute approximate surface area is 181 Å². The van der Waals surface area contributed by atoms with Crippen molar-refractivity contribution < 1.29 is 22.3 Å². The van der Waals surface area contributed by atoms with Crippen LogP contribution in [0.1, 0.15) is 12.0 Å². The zero-order valence-corrected chi connectivity index (χ0v) is 17.6. The Bertz CT molecular complexity index is 1150. The van der Waals surface area contributed by atoms with Gasteiger partial charge in [0.05, 0.1) is 30.8 Å². The quantitative estimate of drug-likeness (QED) is 0.571. The zero-order valence-electron chi connectivity index (χ0n) is 17.6. The fraction of sp³-hybridized carbons (Fsp3) is 0.476. The third-order valence-electron chi connectivity index (χ3n) is 6.16. The minimum absolute atomic E-state index is 0.0450. The summed E-state index contributed by atoms with van der Waals surface area (Å²) >= 11 is 0. The van der Waals surface area contributed by atoms with E-state index in [2.05, 4.69) is 20.2 Å². The summed E-state index contributed by atoms with van der Waals surface area (Å²) < 4.78 is 60.7. The minimum atomic E-state index is -4.48. The van der Waals surface area contributed by atoms with Crippen molar-refractivity contribution in [2.24, 2.45) is 0 Å². The molecule has 0 unspecified atom stereocenters. The highest BCUT2D eigenvalue weighted by molar-refractivity contribution is 5.99. The maximum absolute atomic E-state index is 14.2. The highest BCUT2D eigenvalue weighted by Gasteiger charge is 2.35.